The molecule has 0 aliphatic carbocycles. The van der Waals surface area contributed by atoms with E-state index >= 15 is 0 Å². The van der Waals surface area contributed by atoms with Gasteiger partial charge < -0.3 is 5.32 Å². The first kappa shape index (κ1) is 8.47. The maximum atomic E-state index is 8.51. The van der Waals surface area contributed by atoms with Gasteiger partial charge in [-0.2, -0.15) is 5.26 Å². The van der Waals surface area contributed by atoms with E-state index in [0.29, 0.717) is 11.5 Å². The molecule has 0 radical (unpaired) electrons. The van der Waals surface area contributed by atoms with Crippen LogP contribution in [0.1, 0.15) is 19.0 Å². The lowest BCUT2D eigenvalue weighted by molar-refractivity contribution is 0.962. The lowest BCUT2D eigenvalue weighted by atomic mass is 10.4. The van der Waals surface area contributed by atoms with Crippen LogP contribution in [-0.2, 0) is 0 Å². The molecule has 0 bridgehead atoms. The smallest absolute Gasteiger partial charge is 0.161 e. The highest BCUT2D eigenvalue weighted by Crippen LogP contribution is 2.00. The second-order valence-corrected chi connectivity index (χ2v) is 2.33. The molecule has 4 heteroatoms. The Hall–Kier alpha value is -1.63. The molecule has 0 aromatic carbocycles. The van der Waals surface area contributed by atoms with Crippen molar-refractivity contribution in [3.8, 4) is 6.07 Å². The second-order valence-electron chi connectivity index (χ2n) is 2.33. The molecule has 4 nitrogen and oxygen atoms in total. The van der Waals surface area contributed by atoms with E-state index < -0.39 is 0 Å². The largest absolute Gasteiger partial charge is 0.369 e. The fourth-order valence-electron chi connectivity index (χ4n) is 0.758. The third-order valence-corrected chi connectivity index (χ3v) is 1.31. The summed E-state index contributed by atoms with van der Waals surface area (Å²) in [6.45, 7) is 2.91. The number of hydrogen-bond donors (Lipinski definition) is 1. The van der Waals surface area contributed by atoms with Crippen LogP contribution < -0.4 is 5.32 Å². The van der Waals surface area contributed by atoms with E-state index in [4.69, 9.17) is 5.26 Å². The number of rotatable bonds is 3. The minimum absolute atomic E-state index is 0.344. The van der Waals surface area contributed by atoms with Crippen LogP contribution in [0.4, 0.5) is 5.82 Å². The summed E-state index contributed by atoms with van der Waals surface area (Å²) in [7, 11) is 0. The van der Waals surface area contributed by atoms with E-state index in [0.717, 1.165) is 13.0 Å². The maximum absolute atomic E-state index is 8.51. The molecule has 0 atom stereocenters. The molecule has 1 N–H and O–H groups in total. The standard InChI is InChI=1S/C8H10N4/c1-2-3-11-8-6-10-5-7(4-9)12-8/h5-6H,2-3H2,1H3,(H,11,12). The van der Waals surface area contributed by atoms with E-state index in [1.165, 1.54) is 6.20 Å². The molecule has 0 saturated carbocycles. The molecule has 0 unspecified atom stereocenters. The fraction of sp³-hybridized carbons (Fsp3) is 0.375. The Labute approximate surface area is 71.3 Å². The van der Waals surface area contributed by atoms with Crippen molar-refractivity contribution in [1.82, 2.24) is 9.97 Å². The Balaban J connectivity index is 2.68. The number of aromatic nitrogens is 2. The van der Waals surface area contributed by atoms with Crippen LogP contribution in [0.2, 0.25) is 0 Å². The molecule has 0 saturated heterocycles. The first-order chi connectivity index (χ1) is 5.86. The molecule has 0 spiro atoms. The quantitative estimate of drug-likeness (QED) is 0.724. The summed E-state index contributed by atoms with van der Waals surface area (Å²) < 4.78 is 0. The molecule has 0 aliphatic heterocycles. The van der Waals surface area contributed by atoms with Crippen LogP contribution >= 0.6 is 0 Å². The topological polar surface area (TPSA) is 61.6 Å². The Morgan fingerprint density at radius 3 is 3.08 bits per heavy atom. The maximum Gasteiger partial charge on any atom is 0.161 e. The highest BCUT2D eigenvalue weighted by molar-refractivity contribution is 5.34. The third-order valence-electron chi connectivity index (χ3n) is 1.31. The van der Waals surface area contributed by atoms with Crippen LogP contribution in [0.25, 0.3) is 0 Å². The molecule has 1 aromatic heterocycles. The van der Waals surface area contributed by atoms with Crippen molar-refractivity contribution in [1.29, 1.82) is 5.26 Å². The molecular formula is C8H10N4. The molecule has 0 fully saturated rings. The highest BCUT2D eigenvalue weighted by atomic mass is 15.0. The lowest BCUT2D eigenvalue weighted by Gasteiger charge is -2.01. The van der Waals surface area contributed by atoms with Crippen molar-refractivity contribution in [2.45, 2.75) is 13.3 Å². The number of nitrogens with one attached hydrogen (secondary N) is 1. The van der Waals surface area contributed by atoms with Crippen LogP contribution in [0.3, 0.4) is 0 Å². The van der Waals surface area contributed by atoms with Gasteiger partial charge in [0.05, 0.1) is 12.4 Å². The minimum atomic E-state index is 0.344. The number of anilines is 1. The van der Waals surface area contributed by atoms with E-state index in [2.05, 4.69) is 22.2 Å². The molecule has 0 aliphatic rings. The summed E-state index contributed by atoms with van der Waals surface area (Å²) >= 11 is 0. The number of nitrogens with zero attached hydrogens (tertiary/aromatic N) is 3. The second kappa shape index (κ2) is 4.29. The van der Waals surface area contributed by atoms with Gasteiger partial charge in [-0.1, -0.05) is 6.92 Å². The average molecular weight is 162 g/mol. The zero-order chi connectivity index (χ0) is 8.81. The van der Waals surface area contributed by atoms with Crippen molar-refractivity contribution in [2.24, 2.45) is 0 Å². The summed E-state index contributed by atoms with van der Waals surface area (Å²) in [4.78, 5) is 7.85. The Bertz CT molecular complexity index is 289. The molecule has 0 amide bonds. The van der Waals surface area contributed by atoms with Crippen molar-refractivity contribution in [3.63, 3.8) is 0 Å². The van der Waals surface area contributed by atoms with Gasteiger partial charge in [0.25, 0.3) is 0 Å². The first-order valence-electron chi connectivity index (χ1n) is 3.83. The SMILES string of the molecule is CCCNc1cncc(C#N)n1. The van der Waals surface area contributed by atoms with Crippen LogP contribution in [0, 0.1) is 11.3 Å². The van der Waals surface area contributed by atoms with Gasteiger partial charge in [-0.15, -0.1) is 0 Å². The van der Waals surface area contributed by atoms with E-state index in [-0.39, 0.29) is 0 Å². The van der Waals surface area contributed by atoms with Gasteiger partial charge >= 0.3 is 0 Å². The van der Waals surface area contributed by atoms with Gasteiger partial charge in [-0.25, -0.2) is 4.98 Å². The van der Waals surface area contributed by atoms with E-state index in [1.54, 1.807) is 6.20 Å². The molecular weight excluding hydrogens is 152 g/mol. The fourth-order valence-corrected chi connectivity index (χ4v) is 0.758. The predicted octanol–water partition coefficient (Wildman–Crippen LogP) is 1.17. The highest BCUT2D eigenvalue weighted by Gasteiger charge is 1.94. The molecule has 1 rings (SSSR count). The zero-order valence-corrected chi connectivity index (χ0v) is 6.91. The van der Waals surface area contributed by atoms with Gasteiger partial charge in [0, 0.05) is 6.54 Å². The lowest BCUT2D eigenvalue weighted by Crippen LogP contribution is -2.02. The first-order valence-corrected chi connectivity index (χ1v) is 3.83. The van der Waals surface area contributed by atoms with E-state index in [1.807, 2.05) is 6.07 Å². The minimum Gasteiger partial charge on any atom is -0.369 e. The van der Waals surface area contributed by atoms with Crippen LogP contribution in [-0.4, -0.2) is 16.5 Å². The van der Waals surface area contributed by atoms with Crippen molar-refractivity contribution in [2.75, 3.05) is 11.9 Å². The molecule has 1 heterocycles. The van der Waals surface area contributed by atoms with Crippen molar-refractivity contribution < 1.29 is 0 Å². The molecule has 62 valence electrons. The van der Waals surface area contributed by atoms with Gasteiger partial charge in [0.1, 0.15) is 11.9 Å². The monoisotopic (exact) mass is 162 g/mol. The van der Waals surface area contributed by atoms with Crippen molar-refractivity contribution in [3.05, 3.63) is 18.1 Å². The van der Waals surface area contributed by atoms with Crippen LogP contribution in [0.15, 0.2) is 12.4 Å². The summed E-state index contributed by atoms with van der Waals surface area (Å²) in [6, 6.07) is 1.93. The normalized spacial score (nSPS) is 9.00. The van der Waals surface area contributed by atoms with Gasteiger partial charge in [0.15, 0.2) is 5.69 Å². The Morgan fingerprint density at radius 2 is 2.42 bits per heavy atom. The van der Waals surface area contributed by atoms with Gasteiger partial charge in [0.2, 0.25) is 0 Å². The number of hydrogen-bond acceptors (Lipinski definition) is 4. The Morgan fingerprint density at radius 1 is 1.58 bits per heavy atom. The summed E-state index contributed by atoms with van der Waals surface area (Å²) in [5.74, 6) is 0.663. The summed E-state index contributed by atoms with van der Waals surface area (Å²) in [6.07, 6.45) is 4.08. The zero-order valence-electron chi connectivity index (χ0n) is 6.91. The summed E-state index contributed by atoms with van der Waals surface area (Å²) in [5.41, 5.74) is 0.344. The van der Waals surface area contributed by atoms with Crippen LogP contribution in [0.5, 0.6) is 0 Å². The van der Waals surface area contributed by atoms with Gasteiger partial charge in [-0.3, -0.25) is 4.98 Å². The molecule has 12 heavy (non-hydrogen) atoms. The summed E-state index contributed by atoms with van der Waals surface area (Å²) in [5, 5.41) is 11.6. The molecule has 1 aromatic rings. The van der Waals surface area contributed by atoms with Gasteiger partial charge in [-0.05, 0) is 6.42 Å². The average Bonchev–Trinajstić information content (AvgIpc) is 2.15. The number of nitriles is 1. The van der Waals surface area contributed by atoms with Crippen molar-refractivity contribution >= 4 is 5.82 Å². The van der Waals surface area contributed by atoms with E-state index in [9.17, 15) is 0 Å². The third kappa shape index (κ3) is 2.20. The predicted molar refractivity (Wildman–Crippen MR) is 45.5 cm³/mol. The Kier molecular flexibility index (Phi) is 3.03.